The van der Waals surface area contributed by atoms with Crippen LogP contribution in [0.1, 0.15) is 52.4 Å². The van der Waals surface area contributed by atoms with Gasteiger partial charge >= 0.3 is 11.9 Å². The third-order valence-electron chi connectivity index (χ3n) is 3.83. The van der Waals surface area contributed by atoms with Gasteiger partial charge in [0.2, 0.25) is 0 Å². The molecule has 4 nitrogen and oxygen atoms in total. The Morgan fingerprint density at radius 3 is 1.45 bits per heavy atom. The average molecular weight is 302 g/mol. The zero-order valence-electron chi connectivity index (χ0n) is 13.3. The van der Waals surface area contributed by atoms with Gasteiger partial charge in [0, 0.05) is 24.0 Å². The van der Waals surface area contributed by atoms with Crippen molar-refractivity contribution in [3.8, 4) is 0 Å². The van der Waals surface area contributed by atoms with Gasteiger partial charge in [0.05, 0.1) is 0 Å². The average Bonchev–Trinajstić information content (AvgIpc) is 3.07. The van der Waals surface area contributed by atoms with Gasteiger partial charge in [0.1, 0.15) is 11.5 Å². The van der Waals surface area contributed by atoms with Crippen LogP contribution in [0, 0.1) is 0 Å². The Kier molecular flexibility index (Phi) is 5.01. The third kappa shape index (κ3) is 3.56. The Morgan fingerprint density at radius 2 is 1.14 bits per heavy atom. The fourth-order valence-corrected chi connectivity index (χ4v) is 2.69. The molecule has 4 heteroatoms. The Bertz CT molecular complexity index is 551. The Labute approximate surface area is 131 Å². The molecule has 2 aliphatic rings. The molecule has 0 spiro atoms. The maximum atomic E-state index is 11.7. The van der Waals surface area contributed by atoms with Crippen LogP contribution >= 0.6 is 0 Å². The highest BCUT2D eigenvalue weighted by atomic mass is 16.5. The highest BCUT2D eigenvalue weighted by Crippen LogP contribution is 2.40. The van der Waals surface area contributed by atoms with Crippen molar-refractivity contribution in [2.24, 2.45) is 0 Å². The summed E-state index contributed by atoms with van der Waals surface area (Å²) < 4.78 is 10.9. The molecule has 2 rings (SSSR count). The van der Waals surface area contributed by atoms with Crippen LogP contribution in [-0.2, 0) is 19.1 Å². The van der Waals surface area contributed by atoms with E-state index in [0.29, 0.717) is 22.7 Å². The fourth-order valence-electron chi connectivity index (χ4n) is 2.69. The van der Waals surface area contributed by atoms with Crippen molar-refractivity contribution in [2.75, 3.05) is 0 Å². The lowest BCUT2D eigenvalue weighted by Crippen LogP contribution is -2.07. The van der Waals surface area contributed by atoms with Gasteiger partial charge in [-0.05, 0) is 50.7 Å². The van der Waals surface area contributed by atoms with Crippen LogP contribution in [0.4, 0.5) is 0 Å². The number of carbonyl (C=O) groups excluding carboxylic acids is 2. The van der Waals surface area contributed by atoms with Gasteiger partial charge in [0.25, 0.3) is 0 Å². The largest absolute Gasteiger partial charge is 0.427 e. The molecule has 0 radical (unpaired) electrons. The van der Waals surface area contributed by atoms with E-state index < -0.39 is 11.9 Å². The molecule has 0 bridgehead atoms. The molecule has 0 atom stereocenters. The molecule has 22 heavy (non-hydrogen) atoms. The van der Waals surface area contributed by atoms with Crippen molar-refractivity contribution >= 4 is 11.9 Å². The maximum Gasteiger partial charge on any atom is 0.338 e. The minimum Gasteiger partial charge on any atom is -0.427 e. The van der Waals surface area contributed by atoms with Gasteiger partial charge in [-0.1, -0.05) is 13.2 Å². The lowest BCUT2D eigenvalue weighted by Gasteiger charge is -2.12. The molecule has 0 fully saturated rings. The minimum absolute atomic E-state index is 0.382. The molecule has 0 amide bonds. The topological polar surface area (TPSA) is 52.6 Å². The maximum absolute atomic E-state index is 11.7. The molecule has 0 aromatic heterocycles. The molecule has 0 aromatic carbocycles. The van der Waals surface area contributed by atoms with Crippen molar-refractivity contribution in [3.05, 3.63) is 47.0 Å². The van der Waals surface area contributed by atoms with Crippen LogP contribution < -0.4 is 0 Å². The Morgan fingerprint density at radius 1 is 0.773 bits per heavy atom. The molecule has 0 heterocycles. The molecule has 0 aliphatic heterocycles. The van der Waals surface area contributed by atoms with Crippen LogP contribution in [0.2, 0.25) is 0 Å². The quantitative estimate of drug-likeness (QED) is 0.566. The summed E-state index contributed by atoms with van der Waals surface area (Å²) in [6.45, 7) is 10.5. The van der Waals surface area contributed by atoms with E-state index in [1.807, 2.05) is 0 Å². The summed E-state index contributed by atoms with van der Waals surface area (Å²) in [7, 11) is 0. The van der Waals surface area contributed by atoms with Gasteiger partial charge < -0.3 is 9.47 Å². The van der Waals surface area contributed by atoms with Crippen molar-refractivity contribution in [3.63, 3.8) is 0 Å². The highest BCUT2D eigenvalue weighted by molar-refractivity contribution is 5.88. The summed E-state index contributed by atoms with van der Waals surface area (Å²) in [6.07, 6.45) is 5.06. The van der Waals surface area contributed by atoms with Crippen LogP contribution in [0.5, 0.6) is 0 Å². The van der Waals surface area contributed by atoms with Gasteiger partial charge in [-0.3, -0.25) is 0 Å². The molecule has 0 N–H and O–H groups in total. The monoisotopic (exact) mass is 302 g/mol. The minimum atomic E-state index is -0.395. The number of carbonyl (C=O) groups is 2. The fraction of sp³-hybridized carbons (Fsp3) is 0.444. The second-order valence-corrected chi connectivity index (χ2v) is 5.85. The number of esters is 2. The van der Waals surface area contributed by atoms with Gasteiger partial charge in [-0.15, -0.1) is 0 Å². The number of ether oxygens (including phenoxy) is 2. The van der Waals surface area contributed by atoms with Crippen LogP contribution in [-0.4, -0.2) is 11.9 Å². The van der Waals surface area contributed by atoms with E-state index in [2.05, 4.69) is 13.2 Å². The highest BCUT2D eigenvalue weighted by Gasteiger charge is 2.28. The zero-order valence-corrected chi connectivity index (χ0v) is 13.3. The van der Waals surface area contributed by atoms with E-state index in [0.717, 1.165) is 49.7 Å². The van der Waals surface area contributed by atoms with E-state index in [1.54, 1.807) is 13.8 Å². The van der Waals surface area contributed by atoms with E-state index in [9.17, 15) is 9.59 Å². The number of hydrogen-bond acceptors (Lipinski definition) is 4. The first-order chi connectivity index (χ1) is 10.4. The summed E-state index contributed by atoms with van der Waals surface area (Å²) in [4.78, 5) is 23.5. The van der Waals surface area contributed by atoms with E-state index in [1.165, 1.54) is 0 Å². The number of allylic oxidation sites excluding steroid dienone is 4. The lowest BCUT2D eigenvalue weighted by molar-refractivity contribution is -0.136. The molecule has 0 saturated carbocycles. The summed E-state index contributed by atoms with van der Waals surface area (Å²) in [6, 6.07) is 0. The lowest BCUT2D eigenvalue weighted by atomic mass is 10.0. The first-order valence-electron chi connectivity index (χ1n) is 7.60. The smallest absolute Gasteiger partial charge is 0.338 e. The first-order valence-corrected chi connectivity index (χ1v) is 7.60. The SMILES string of the molecule is C=C(C)C(=O)OC1=C(C2=C(OC(=O)C(=C)C)CCC2)CCC1. The van der Waals surface area contributed by atoms with E-state index >= 15 is 0 Å². The first kappa shape index (κ1) is 16.3. The Hall–Kier alpha value is -2.10. The molecule has 0 unspecified atom stereocenters. The Balaban J connectivity index is 2.26. The second-order valence-electron chi connectivity index (χ2n) is 5.85. The molecule has 118 valence electrons. The molecule has 0 saturated heterocycles. The standard InChI is InChI=1S/C18H22O4/c1-11(2)17(19)21-15-9-5-7-13(15)14-8-6-10-16(14)22-18(20)12(3)4/h1,3,5-10H2,2,4H3. The number of hydrogen-bond donors (Lipinski definition) is 0. The van der Waals surface area contributed by atoms with Crippen LogP contribution in [0.3, 0.4) is 0 Å². The normalized spacial score (nSPS) is 17.7. The summed E-state index contributed by atoms with van der Waals surface area (Å²) in [5.41, 5.74) is 2.81. The summed E-state index contributed by atoms with van der Waals surface area (Å²) in [5, 5.41) is 0. The summed E-state index contributed by atoms with van der Waals surface area (Å²) in [5.74, 6) is 0.615. The van der Waals surface area contributed by atoms with Crippen LogP contribution in [0.15, 0.2) is 47.0 Å². The molecule has 0 aromatic rings. The van der Waals surface area contributed by atoms with Gasteiger partial charge in [-0.2, -0.15) is 0 Å². The van der Waals surface area contributed by atoms with Gasteiger partial charge in [0.15, 0.2) is 0 Å². The number of rotatable bonds is 5. The van der Waals surface area contributed by atoms with Crippen LogP contribution in [0.25, 0.3) is 0 Å². The summed E-state index contributed by atoms with van der Waals surface area (Å²) >= 11 is 0. The second kappa shape index (κ2) is 6.77. The molecular formula is C18H22O4. The van der Waals surface area contributed by atoms with Gasteiger partial charge in [-0.25, -0.2) is 9.59 Å². The van der Waals surface area contributed by atoms with Crippen molar-refractivity contribution in [2.45, 2.75) is 52.4 Å². The van der Waals surface area contributed by atoms with Crippen molar-refractivity contribution in [1.82, 2.24) is 0 Å². The van der Waals surface area contributed by atoms with Crippen molar-refractivity contribution in [1.29, 1.82) is 0 Å². The predicted octanol–water partition coefficient (Wildman–Crippen LogP) is 4.10. The predicted molar refractivity (Wildman–Crippen MR) is 83.6 cm³/mol. The van der Waals surface area contributed by atoms with E-state index in [4.69, 9.17) is 9.47 Å². The van der Waals surface area contributed by atoms with E-state index in [-0.39, 0.29) is 0 Å². The third-order valence-corrected chi connectivity index (χ3v) is 3.83. The molecule has 2 aliphatic carbocycles. The molecular weight excluding hydrogens is 280 g/mol. The van der Waals surface area contributed by atoms with Crippen molar-refractivity contribution < 1.29 is 19.1 Å². The zero-order chi connectivity index (χ0) is 16.3.